The molecule has 0 radical (unpaired) electrons. The van der Waals surface area contributed by atoms with Crippen LogP contribution in [0.15, 0.2) is 11.8 Å². The molecule has 1 saturated heterocycles. The topological polar surface area (TPSA) is 82.1 Å². The Balaban J connectivity index is 1.63. The monoisotopic (exact) mass is 527 g/mol. The van der Waals surface area contributed by atoms with Crippen molar-refractivity contribution in [3.8, 4) is 0 Å². The average Bonchev–Trinajstić information content (AvgIpc) is 3.23. The van der Waals surface area contributed by atoms with E-state index in [1.165, 1.54) is 11.4 Å². The lowest BCUT2D eigenvalue weighted by atomic mass is 9.69. The summed E-state index contributed by atoms with van der Waals surface area (Å²) in [5, 5.41) is 0. The molecule has 35 heavy (non-hydrogen) atoms. The van der Waals surface area contributed by atoms with Gasteiger partial charge in [-0.3, -0.25) is 4.79 Å². The predicted molar refractivity (Wildman–Crippen MR) is 138 cm³/mol. The zero-order chi connectivity index (χ0) is 26.1. The summed E-state index contributed by atoms with van der Waals surface area (Å²) in [6, 6.07) is -0.274. The van der Waals surface area contributed by atoms with Crippen molar-refractivity contribution in [1.82, 2.24) is 4.31 Å². The van der Waals surface area contributed by atoms with Crippen molar-refractivity contribution in [3.63, 3.8) is 0 Å². The van der Waals surface area contributed by atoms with Gasteiger partial charge in [-0.25, -0.2) is 12.7 Å². The van der Waals surface area contributed by atoms with Gasteiger partial charge in [0.2, 0.25) is 10.0 Å². The van der Waals surface area contributed by atoms with Crippen molar-refractivity contribution in [2.24, 2.45) is 16.7 Å². The first-order valence-corrected chi connectivity index (χ1v) is 17.0. The highest BCUT2D eigenvalue weighted by Crippen LogP contribution is 2.70. The van der Waals surface area contributed by atoms with Crippen molar-refractivity contribution in [2.45, 2.75) is 116 Å². The maximum Gasteiger partial charge on any atom is 0.266 e. The minimum absolute atomic E-state index is 0.0591. The first-order valence-electron chi connectivity index (χ1n) is 13.3. The number of nitrogens with zero attached hydrogens (tertiary/aromatic N) is 1. The van der Waals surface area contributed by atoms with Gasteiger partial charge in [0.05, 0.1) is 17.6 Å². The molecule has 2 bridgehead atoms. The van der Waals surface area contributed by atoms with Crippen LogP contribution in [0.25, 0.3) is 0 Å². The molecule has 3 fully saturated rings. The Labute approximate surface area is 213 Å². The molecule has 2 aliphatic carbocycles. The average molecular weight is 528 g/mol. The molecule has 200 valence electrons. The summed E-state index contributed by atoms with van der Waals surface area (Å²) in [7, 11) is -4.44. The zero-order valence-corrected chi connectivity index (χ0v) is 24.8. The number of carbonyl (C=O) groups excluding carboxylic acids is 1. The van der Waals surface area contributed by atoms with E-state index in [1.54, 1.807) is 0 Å². The highest BCUT2D eigenvalue weighted by molar-refractivity contribution is 7.90. The van der Waals surface area contributed by atoms with Gasteiger partial charge >= 0.3 is 0 Å². The molecule has 1 spiro atoms. The van der Waals surface area contributed by atoms with Crippen LogP contribution >= 0.6 is 0 Å². The molecule has 0 aromatic carbocycles. The largest absolute Gasteiger partial charge is 0.546 e. The summed E-state index contributed by atoms with van der Waals surface area (Å²) in [4.78, 5) is 13.9. The van der Waals surface area contributed by atoms with E-state index >= 15 is 0 Å². The fraction of sp³-hybridized carbons (Fsp3) is 0.885. The first kappa shape index (κ1) is 27.1. The summed E-state index contributed by atoms with van der Waals surface area (Å²) >= 11 is 0. The highest BCUT2D eigenvalue weighted by atomic mass is 32.2. The Morgan fingerprint density at radius 2 is 1.74 bits per heavy atom. The van der Waals surface area contributed by atoms with Gasteiger partial charge in [-0.2, -0.15) is 0 Å². The molecule has 0 N–H and O–H groups in total. The SMILES string of the molecule is CO[C@@H]1C=C(O[Si](C(C)C)(C(C)C)C(C)C)C[C@@H](C(=O)N2[C@H]3C[C@@H]4CC[C@@]3(CS2(=O)=O)C4(C)C)O1. The van der Waals surface area contributed by atoms with Gasteiger partial charge in [-0.1, -0.05) is 55.4 Å². The quantitative estimate of drug-likeness (QED) is 0.424. The van der Waals surface area contributed by atoms with Crippen LogP contribution in [0.4, 0.5) is 0 Å². The smallest absolute Gasteiger partial charge is 0.266 e. The van der Waals surface area contributed by atoms with Gasteiger partial charge in [-0.15, -0.1) is 0 Å². The maximum absolute atomic E-state index is 13.9. The standard InChI is InChI=1S/C26H45NO6SSi/c1-16(2)35(17(3)4,18(5)6)33-20-13-21(32-23(14-20)31-9)24(28)27-22-12-19-10-11-26(22,25(19,7)8)15-34(27,29)30/h14,16-19,21-23H,10-13,15H2,1-9H3/t19-,21-,22-,23-,26-/m0/s1. The number of methoxy groups -OCH3 is 1. The van der Waals surface area contributed by atoms with Crippen molar-refractivity contribution < 1.29 is 27.1 Å². The zero-order valence-electron chi connectivity index (χ0n) is 23.0. The van der Waals surface area contributed by atoms with Gasteiger partial charge in [0.15, 0.2) is 6.29 Å². The number of rotatable bonds is 7. The van der Waals surface area contributed by atoms with Crippen molar-refractivity contribution >= 4 is 24.2 Å². The van der Waals surface area contributed by atoms with Crippen molar-refractivity contribution in [1.29, 1.82) is 0 Å². The Kier molecular flexibility index (Phi) is 6.86. The number of fused-ring (bicyclic) bond motifs is 1. The lowest BCUT2D eigenvalue weighted by Crippen LogP contribution is -2.51. The predicted octanol–water partition coefficient (Wildman–Crippen LogP) is 5.19. The Morgan fingerprint density at radius 1 is 1.14 bits per heavy atom. The van der Waals surface area contributed by atoms with E-state index in [0.29, 0.717) is 28.3 Å². The molecule has 7 nitrogen and oxygen atoms in total. The van der Waals surface area contributed by atoms with E-state index in [9.17, 15) is 13.2 Å². The number of ether oxygens (including phenoxy) is 2. The van der Waals surface area contributed by atoms with Gasteiger partial charge in [0, 0.05) is 25.0 Å². The summed E-state index contributed by atoms with van der Waals surface area (Å²) in [5.41, 5.74) is 0.670. The van der Waals surface area contributed by atoms with E-state index < -0.39 is 36.6 Å². The molecule has 4 rings (SSSR count). The van der Waals surface area contributed by atoms with Crippen molar-refractivity contribution in [3.05, 3.63) is 11.8 Å². The Bertz CT molecular complexity index is 968. The van der Waals surface area contributed by atoms with E-state index in [4.69, 9.17) is 13.9 Å². The second kappa shape index (κ2) is 8.84. The second-order valence-corrected chi connectivity index (χ2v) is 20.0. The molecular formula is C26H45NO6SSi. The fourth-order valence-electron chi connectivity index (χ4n) is 8.30. The molecule has 2 saturated carbocycles. The molecular weight excluding hydrogens is 482 g/mol. The molecule has 4 aliphatic rings. The van der Waals surface area contributed by atoms with Gasteiger partial charge in [-0.05, 0) is 47.2 Å². The number of amides is 1. The van der Waals surface area contributed by atoms with Crippen LogP contribution in [0.5, 0.6) is 0 Å². The summed E-state index contributed by atoms with van der Waals surface area (Å²) in [5.74, 6) is 0.746. The molecule has 0 unspecified atom stereocenters. The van der Waals surface area contributed by atoms with E-state index in [2.05, 4.69) is 55.4 Å². The third kappa shape index (κ3) is 3.86. The lowest BCUT2D eigenvalue weighted by molar-refractivity contribution is -0.168. The summed E-state index contributed by atoms with van der Waals surface area (Å²) in [6.07, 6.45) is 3.02. The van der Waals surface area contributed by atoms with Crippen LogP contribution in [0.1, 0.15) is 81.1 Å². The van der Waals surface area contributed by atoms with Crippen LogP contribution in [-0.4, -0.2) is 58.2 Å². The van der Waals surface area contributed by atoms with Gasteiger partial charge in [0.1, 0.15) is 6.10 Å². The van der Waals surface area contributed by atoms with Gasteiger partial charge in [0.25, 0.3) is 14.2 Å². The Hall–Kier alpha value is -0.903. The molecule has 2 aliphatic heterocycles. The summed E-state index contributed by atoms with van der Waals surface area (Å²) < 4.78 is 46.5. The molecule has 0 aromatic heterocycles. The molecule has 9 heteroatoms. The molecule has 5 atom stereocenters. The minimum atomic E-state index is -3.72. The first-order chi connectivity index (χ1) is 16.1. The molecule has 2 heterocycles. The molecule has 0 aromatic rings. The van der Waals surface area contributed by atoms with Crippen LogP contribution in [0.3, 0.4) is 0 Å². The van der Waals surface area contributed by atoms with E-state index in [1.807, 2.05) is 6.08 Å². The second-order valence-electron chi connectivity index (χ2n) is 12.7. The highest BCUT2D eigenvalue weighted by Gasteiger charge is 2.72. The third-order valence-electron chi connectivity index (χ3n) is 10.2. The van der Waals surface area contributed by atoms with Crippen molar-refractivity contribution in [2.75, 3.05) is 12.9 Å². The van der Waals surface area contributed by atoms with Crippen LogP contribution in [-0.2, 0) is 28.7 Å². The Morgan fingerprint density at radius 3 is 2.26 bits per heavy atom. The number of sulfonamides is 1. The van der Waals surface area contributed by atoms with E-state index in [0.717, 1.165) is 19.3 Å². The normalized spacial score (nSPS) is 35.7. The number of hydrogen-bond donors (Lipinski definition) is 0. The molecule has 1 amide bonds. The maximum atomic E-state index is 13.9. The number of hydrogen-bond acceptors (Lipinski definition) is 6. The van der Waals surface area contributed by atoms with E-state index in [-0.39, 0.29) is 29.0 Å². The van der Waals surface area contributed by atoms with Crippen LogP contribution in [0, 0.1) is 16.7 Å². The third-order valence-corrected chi connectivity index (χ3v) is 18.1. The minimum Gasteiger partial charge on any atom is -0.546 e. The van der Waals surface area contributed by atoms with Crippen LogP contribution < -0.4 is 0 Å². The van der Waals surface area contributed by atoms with Crippen LogP contribution in [0.2, 0.25) is 16.6 Å². The lowest BCUT2D eigenvalue weighted by Gasteiger charge is -2.44. The summed E-state index contributed by atoms with van der Waals surface area (Å²) in [6.45, 7) is 17.7. The van der Waals surface area contributed by atoms with Gasteiger partial charge < -0.3 is 13.9 Å². The number of carbonyl (C=O) groups is 1. The fourth-order valence-corrected chi connectivity index (χ4v) is 16.2.